The number of nitrogens with one attached hydrogen (secondary N) is 1. The van der Waals surface area contributed by atoms with Crippen LogP contribution in [0.1, 0.15) is 27.0 Å². The van der Waals surface area contributed by atoms with Crippen LogP contribution in [0.4, 0.5) is 0 Å². The average molecular weight is 591 g/mol. The Hall–Kier alpha value is -4.10. The molecule has 0 spiro atoms. The summed E-state index contributed by atoms with van der Waals surface area (Å²) in [5.41, 5.74) is 5.02. The van der Waals surface area contributed by atoms with Crippen LogP contribution in [0.3, 0.4) is 0 Å². The quantitative estimate of drug-likeness (QED) is 0.162. The Morgan fingerprint density at radius 3 is 2.42 bits per heavy atom. The van der Waals surface area contributed by atoms with E-state index in [1.807, 2.05) is 54.6 Å². The maximum Gasteiger partial charge on any atom is 0.275 e. The number of carbonyl (C=O) groups is 1. The summed E-state index contributed by atoms with van der Waals surface area (Å²) in [5, 5.41) is 15.3. The normalized spacial score (nSPS) is 10.7. The summed E-state index contributed by atoms with van der Waals surface area (Å²) < 4.78 is 17.7. The van der Waals surface area contributed by atoms with Crippen LogP contribution in [0.5, 0.6) is 17.2 Å². The number of amides is 1. The summed E-state index contributed by atoms with van der Waals surface area (Å²) in [6, 6.07) is 24.4. The molecule has 0 aliphatic rings. The first-order chi connectivity index (χ1) is 17.5. The van der Waals surface area contributed by atoms with Gasteiger partial charge in [0.05, 0.1) is 41.2 Å². The summed E-state index contributed by atoms with van der Waals surface area (Å²) in [5.74, 6) is 1.16. The van der Waals surface area contributed by atoms with E-state index in [0.717, 1.165) is 19.9 Å². The standard InChI is InChI=1S/C28H22IN3O4/c1-34-25-14-20-8-4-3-7-19(20)13-23(25)28(33)32-31-16-18-11-24(29)27(26(12-18)35-2)36-17-22-10-6-5-9-21(22)15-30/h3-14,16H,17H2,1-2H3,(H,32,33)/b31-16-. The maximum atomic E-state index is 12.8. The Bertz CT molecular complexity index is 1490. The highest BCUT2D eigenvalue weighted by molar-refractivity contribution is 14.1. The number of hydrogen-bond donors (Lipinski definition) is 1. The third-order valence-electron chi connectivity index (χ3n) is 5.45. The zero-order chi connectivity index (χ0) is 25.5. The zero-order valence-electron chi connectivity index (χ0n) is 19.6. The molecule has 0 fully saturated rings. The molecule has 36 heavy (non-hydrogen) atoms. The lowest BCUT2D eigenvalue weighted by Gasteiger charge is -2.14. The molecule has 0 heterocycles. The van der Waals surface area contributed by atoms with Crippen LogP contribution in [0, 0.1) is 14.9 Å². The van der Waals surface area contributed by atoms with Gasteiger partial charge in [-0.2, -0.15) is 10.4 Å². The first kappa shape index (κ1) is 25.0. The van der Waals surface area contributed by atoms with Gasteiger partial charge in [0.25, 0.3) is 5.91 Å². The van der Waals surface area contributed by atoms with Crippen LogP contribution in [-0.2, 0) is 6.61 Å². The maximum absolute atomic E-state index is 12.8. The van der Waals surface area contributed by atoms with Crippen LogP contribution >= 0.6 is 22.6 Å². The van der Waals surface area contributed by atoms with E-state index in [9.17, 15) is 10.1 Å². The van der Waals surface area contributed by atoms with E-state index in [4.69, 9.17) is 14.2 Å². The molecule has 180 valence electrons. The van der Waals surface area contributed by atoms with E-state index in [2.05, 4.69) is 39.2 Å². The summed E-state index contributed by atoms with van der Waals surface area (Å²) in [6.07, 6.45) is 1.53. The van der Waals surface area contributed by atoms with E-state index in [-0.39, 0.29) is 12.5 Å². The van der Waals surface area contributed by atoms with Gasteiger partial charge in [0.15, 0.2) is 11.5 Å². The Labute approximate surface area is 222 Å². The molecule has 0 atom stereocenters. The first-order valence-corrected chi connectivity index (χ1v) is 12.0. The number of benzene rings is 4. The summed E-state index contributed by atoms with van der Waals surface area (Å²) in [7, 11) is 3.08. The van der Waals surface area contributed by atoms with Gasteiger partial charge in [0.2, 0.25) is 0 Å². The average Bonchev–Trinajstić information content (AvgIpc) is 2.91. The van der Waals surface area contributed by atoms with Crippen molar-refractivity contribution in [3.05, 3.63) is 98.6 Å². The molecule has 4 rings (SSSR count). The SMILES string of the molecule is COc1cc2ccccc2cc1C(=O)N/N=C\c1cc(I)c(OCc2ccccc2C#N)c(OC)c1. The van der Waals surface area contributed by atoms with Gasteiger partial charge in [-0.25, -0.2) is 5.43 Å². The van der Waals surface area contributed by atoms with Crippen LogP contribution in [-0.4, -0.2) is 26.3 Å². The van der Waals surface area contributed by atoms with Crippen molar-refractivity contribution in [3.8, 4) is 23.3 Å². The van der Waals surface area contributed by atoms with Crippen molar-refractivity contribution in [2.24, 2.45) is 5.10 Å². The van der Waals surface area contributed by atoms with Crippen LogP contribution in [0.15, 0.2) is 77.9 Å². The molecule has 0 saturated heterocycles. The van der Waals surface area contributed by atoms with Gasteiger partial charge in [-0.1, -0.05) is 42.5 Å². The number of hydrazone groups is 1. The minimum atomic E-state index is -0.383. The van der Waals surface area contributed by atoms with Crippen molar-refractivity contribution in [1.82, 2.24) is 5.43 Å². The molecule has 8 heteroatoms. The molecule has 0 bridgehead atoms. The van der Waals surface area contributed by atoms with Crippen molar-refractivity contribution in [3.63, 3.8) is 0 Å². The topological polar surface area (TPSA) is 92.9 Å². The lowest BCUT2D eigenvalue weighted by atomic mass is 10.1. The molecule has 0 radical (unpaired) electrons. The van der Waals surface area contributed by atoms with Gasteiger partial charge in [-0.05, 0) is 69.3 Å². The third kappa shape index (κ3) is 5.58. The van der Waals surface area contributed by atoms with Crippen LogP contribution < -0.4 is 19.6 Å². The fourth-order valence-corrected chi connectivity index (χ4v) is 4.43. The van der Waals surface area contributed by atoms with E-state index >= 15 is 0 Å². The van der Waals surface area contributed by atoms with Gasteiger partial charge in [-0.3, -0.25) is 4.79 Å². The number of carbonyl (C=O) groups excluding carboxylic acids is 1. The predicted octanol–water partition coefficient (Wildman–Crippen LogP) is 5.68. The highest BCUT2D eigenvalue weighted by Crippen LogP contribution is 2.34. The molecule has 7 nitrogen and oxygen atoms in total. The van der Waals surface area contributed by atoms with E-state index < -0.39 is 0 Å². The van der Waals surface area contributed by atoms with Crippen LogP contribution in [0.2, 0.25) is 0 Å². The van der Waals surface area contributed by atoms with Crippen molar-refractivity contribution < 1.29 is 19.0 Å². The minimum Gasteiger partial charge on any atom is -0.496 e. The Kier molecular flexibility index (Phi) is 8.02. The van der Waals surface area contributed by atoms with Gasteiger partial charge >= 0.3 is 0 Å². The molecular weight excluding hydrogens is 569 g/mol. The number of methoxy groups -OCH3 is 2. The molecular formula is C28H22IN3O4. The summed E-state index contributed by atoms with van der Waals surface area (Å²) in [4.78, 5) is 12.8. The number of ether oxygens (including phenoxy) is 3. The second-order valence-electron chi connectivity index (χ2n) is 7.69. The van der Waals surface area contributed by atoms with Gasteiger partial charge in [0.1, 0.15) is 12.4 Å². The Morgan fingerprint density at radius 1 is 1.00 bits per heavy atom. The number of fused-ring (bicyclic) bond motifs is 1. The van der Waals surface area contributed by atoms with E-state index in [0.29, 0.717) is 33.9 Å². The zero-order valence-corrected chi connectivity index (χ0v) is 21.8. The number of nitriles is 1. The van der Waals surface area contributed by atoms with E-state index in [1.165, 1.54) is 13.3 Å². The molecule has 0 aromatic heterocycles. The summed E-state index contributed by atoms with van der Waals surface area (Å²) in [6.45, 7) is 0.229. The number of hydrogen-bond acceptors (Lipinski definition) is 6. The van der Waals surface area contributed by atoms with E-state index in [1.54, 1.807) is 25.3 Å². The van der Waals surface area contributed by atoms with Gasteiger partial charge < -0.3 is 14.2 Å². The van der Waals surface area contributed by atoms with Crippen molar-refractivity contribution >= 4 is 45.5 Å². The predicted molar refractivity (Wildman–Crippen MR) is 147 cm³/mol. The fraction of sp³-hybridized carbons (Fsp3) is 0.107. The van der Waals surface area contributed by atoms with Crippen LogP contribution in [0.25, 0.3) is 10.8 Å². The number of rotatable bonds is 8. The molecule has 0 saturated carbocycles. The molecule has 1 amide bonds. The first-order valence-electron chi connectivity index (χ1n) is 10.9. The smallest absolute Gasteiger partial charge is 0.275 e. The Balaban J connectivity index is 1.50. The number of nitrogens with zero attached hydrogens (tertiary/aromatic N) is 2. The van der Waals surface area contributed by atoms with Crippen molar-refractivity contribution in [2.45, 2.75) is 6.61 Å². The summed E-state index contributed by atoms with van der Waals surface area (Å²) >= 11 is 2.15. The monoisotopic (exact) mass is 591 g/mol. The molecule has 1 N–H and O–H groups in total. The minimum absolute atomic E-state index is 0.229. The molecule has 0 aliphatic carbocycles. The highest BCUT2D eigenvalue weighted by Gasteiger charge is 2.14. The second-order valence-corrected chi connectivity index (χ2v) is 8.85. The fourth-order valence-electron chi connectivity index (χ4n) is 3.65. The highest BCUT2D eigenvalue weighted by atomic mass is 127. The van der Waals surface area contributed by atoms with Crippen molar-refractivity contribution in [1.29, 1.82) is 5.26 Å². The number of halogens is 1. The van der Waals surface area contributed by atoms with Gasteiger partial charge in [-0.15, -0.1) is 0 Å². The molecule has 0 aliphatic heterocycles. The largest absolute Gasteiger partial charge is 0.496 e. The van der Waals surface area contributed by atoms with Gasteiger partial charge in [0, 0.05) is 5.56 Å². The lowest BCUT2D eigenvalue weighted by Crippen LogP contribution is -2.18. The third-order valence-corrected chi connectivity index (χ3v) is 6.26. The molecule has 4 aromatic rings. The lowest BCUT2D eigenvalue weighted by molar-refractivity contribution is 0.0952. The Morgan fingerprint density at radius 2 is 1.69 bits per heavy atom. The molecule has 4 aromatic carbocycles. The second kappa shape index (κ2) is 11.6. The van der Waals surface area contributed by atoms with Crippen molar-refractivity contribution in [2.75, 3.05) is 14.2 Å². The molecule has 0 unspecified atom stereocenters.